The Balaban J connectivity index is 1.45. The molecule has 4 rings (SSSR count). The third-order valence-corrected chi connectivity index (χ3v) is 5.15. The largest absolute Gasteiger partial charge is 0.491 e. The van der Waals surface area contributed by atoms with Crippen molar-refractivity contribution in [2.75, 3.05) is 13.2 Å². The van der Waals surface area contributed by atoms with Gasteiger partial charge >= 0.3 is 6.09 Å². The minimum Gasteiger partial charge on any atom is -0.491 e. The molecular weight excluding hydrogens is 354 g/mol. The molecule has 1 aliphatic carbocycles. The van der Waals surface area contributed by atoms with Crippen molar-refractivity contribution in [3.05, 3.63) is 53.6 Å². The second-order valence-electron chi connectivity index (χ2n) is 8.36. The maximum atomic E-state index is 12.6. The molecule has 0 N–H and O–H groups in total. The average molecular weight is 379 g/mol. The number of ether oxygens (including phenoxy) is 2. The SMILES string of the molecule is CC(C)(C)OC(=O)N1CCC[C@@H]1COc1ccc2c(c1)C(=O)c1ccccc1-2. The van der Waals surface area contributed by atoms with Crippen molar-refractivity contribution in [2.24, 2.45) is 0 Å². The first-order valence-corrected chi connectivity index (χ1v) is 9.74. The van der Waals surface area contributed by atoms with E-state index in [2.05, 4.69) is 0 Å². The van der Waals surface area contributed by atoms with Crippen LogP contribution in [0.25, 0.3) is 11.1 Å². The normalized spacial score (nSPS) is 18.0. The van der Waals surface area contributed by atoms with Crippen LogP contribution >= 0.6 is 0 Å². The Kier molecular flexibility index (Phi) is 4.61. The monoisotopic (exact) mass is 379 g/mol. The van der Waals surface area contributed by atoms with E-state index >= 15 is 0 Å². The Morgan fingerprint density at radius 3 is 2.54 bits per heavy atom. The first-order valence-electron chi connectivity index (χ1n) is 9.74. The fourth-order valence-corrected chi connectivity index (χ4v) is 3.86. The molecule has 2 aliphatic rings. The summed E-state index contributed by atoms with van der Waals surface area (Å²) in [6, 6.07) is 13.3. The Morgan fingerprint density at radius 2 is 1.79 bits per heavy atom. The summed E-state index contributed by atoms with van der Waals surface area (Å²) in [5, 5.41) is 0. The molecule has 0 radical (unpaired) electrons. The van der Waals surface area contributed by atoms with Gasteiger partial charge < -0.3 is 14.4 Å². The Hall–Kier alpha value is -2.82. The quantitative estimate of drug-likeness (QED) is 0.663. The zero-order valence-corrected chi connectivity index (χ0v) is 16.5. The van der Waals surface area contributed by atoms with Gasteiger partial charge in [0, 0.05) is 17.7 Å². The van der Waals surface area contributed by atoms with E-state index in [-0.39, 0.29) is 17.9 Å². The summed E-state index contributed by atoms with van der Waals surface area (Å²) >= 11 is 0. The molecule has 1 amide bonds. The van der Waals surface area contributed by atoms with E-state index < -0.39 is 5.60 Å². The highest BCUT2D eigenvalue weighted by molar-refractivity contribution is 6.21. The van der Waals surface area contributed by atoms with Gasteiger partial charge in [-0.2, -0.15) is 0 Å². The average Bonchev–Trinajstić information content (AvgIpc) is 3.23. The summed E-state index contributed by atoms with van der Waals surface area (Å²) < 4.78 is 11.5. The van der Waals surface area contributed by atoms with Gasteiger partial charge in [-0.05, 0) is 62.9 Å². The van der Waals surface area contributed by atoms with Crippen molar-refractivity contribution in [3.63, 3.8) is 0 Å². The van der Waals surface area contributed by atoms with Crippen molar-refractivity contribution < 1.29 is 19.1 Å². The molecule has 0 spiro atoms. The van der Waals surface area contributed by atoms with E-state index in [0.29, 0.717) is 24.5 Å². The maximum absolute atomic E-state index is 12.6. The van der Waals surface area contributed by atoms with Crippen LogP contribution in [0.4, 0.5) is 4.79 Å². The minimum atomic E-state index is -0.513. The summed E-state index contributed by atoms with van der Waals surface area (Å²) in [5.74, 6) is 0.684. The summed E-state index contributed by atoms with van der Waals surface area (Å²) in [7, 11) is 0. The lowest BCUT2D eigenvalue weighted by molar-refractivity contribution is 0.0187. The summed E-state index contributed by atoms with van der Waals surface area (Å²) in [5.41, 5.74) is 2.82. The van der Waals surface area contributed by atoms with Crippen LogP contribution in [0.1, 0.15) is 49.5 Å². The van der Waals surface area contributed by atoms with Crippen LogP contribution < -0.4 is 4.74 Å². The molecule has 2 aromatic carbocycles. The second-order valence-corrected chi connectivity index (χ2v) is 8.36. The van der Waals surface area contributed by atoms with Gasteiger partial charge in [0.25, 0.3) is 0 Å². The maximum Gasteiger partial charge on any atom is 0.410 e. The predicted molar refractivity (Wildman–Crippen MR) is 107 cm³/mol. The molecule has 1 saturated heterocycles. The number of hydrogen-bond acceptors (Lipinski definition) is 4. The molecule has 5 nitrogen and oxygen atoms in total. The number of amides is 1. The first-order chi connectivity index (χ1) is 13.3. The smallest absolute Gasteiger partial charge is 0.410 e. The van der Waals surface area contributed by atoms with Crippen molar-refractivity contribution in [2.45, 2.75) is 45.3 Å². The van der Waals surface area contributed by atoms with Crippen molar-refractivity contribution in [1.29, 1.82) is 0 Å². The van der Waals surface area contributed by atoms with Gasteiger partial charge in [-0.3, -0.25) is 4.79 Å². The van der Waals surface area contributed by atoms with Gasteiger partial charge in [0.05, 0.1) is 6.04 Å². The van der Waals surface area contributed by atoms with Gasteiger partial charge in [-0.1, -0.05) is 24.3 Å². The lowest BCUT2D eigenvalue weighted by Crippen LogP contribution is -2.42. The summed E-state index contributed by atoms with van der Waals surface area (Å²) in [4.78, 5) is 26.8. The molecule has 2 aromatic rings. The molecule has 146 valence electrons. The van der Waals surface area contributed by atoms with Crippen LogP contribution in [0.15, 0.2) is 42.5 Å². The van der Waals surface area contributed by atoms with Gasteiger partial charge in [-0.15, -0.1) is 0 Å². The predicted octanol–water partition coefficient (Wildman–Crippen LogP) is 4.68. The van der Waals surface area contributed by atoms with Gasteiger partial charge in [0.15, 0.2) is 5.78 Å². The topological polar surface area (TPSA) is 55.8 Å². The van der Waals surface area contributed by atoms with E-state index in [9.17, 15) is 9.59 Å². The summed E-state index contributed by atoms with van der Waals surface area (Å²) in [6.07, 6.45) is 1.53. The van der Waals surface area contributed by atoms with Crippen LogP contribution in [0.3, 0.4) is 0 Å². The molecule has 1 aliphatic heterocycles. The first kappa shape index (κ1) is 18.5. The van der Waals surface area contributed by atoms with Crippen LogP contribution in [0, 0.1) is 0 Å². The molecular formula is C23H25NO4. The molecule has 1 heterocycles. The number of hydrogen-bond donors (Lipinski definition) is 0. The molecule has 28 heavy (non-hydrogen) atoms. The fourth-order valence-electron chi connectivity index (χ4n) is 3.86. The second kappa shape index (κ2) is 6.97. The Bertz CT molecular complexity index is 928. The highest BCUT2D eigenvalue weighted by Gasteiger charge is 2.33. The number of benzene rings is 2. The summed E-state index contributed by atoms with van der Waals surface area (Å²) in [6.45, 7) is 6.67. The number of nitrogens with zero attached hydrogens (tertiary/aromatic N) is 1. The third kappa shape index (κ3) is 3.49. The van der Waals surface area contributed by atoms with Crippen LogP contribution in [0.5, 0.6) is 5.75 Å². The number of rotatable bonds is 3. The van der Waals surface area contributed by atoms with E-state index in [4.69, 9.17) is 9.47 Å². The standard InChI is InChI=1S/C23H25NO4/c1-23(2,3)28-22(26)24-12-6-7-15(24)14-27-16-10-11-18-17-8-4-5-9-19(17)21(25)20(18)13-16/h4-5,8-11,13,15H,6-7,12,14H2,1-3H3/t15-/m1/s1. The Labute approximate surface area is 165 Å². The minimum absolute atomic E-state index is 0.0176. The third-order valence-electron chi connectivity index (χ3n) is 5.15. The molecule has 0 bridgehead atoms. The molecule has 5 heteroatoms. The number of carbonyl (C=O) groups excluding carboxylic acids is 2. The van der Waals surface area contributed by atoms with Gasteiger partial charge in [0.1, 0.15) is 18.0 Å². The molecule has 1 atom stereocenters. The van der Waals surface area contributed by atoms with Crippen LogP contribution in [-0.2, 0) is 4.74 Å². The van der Waals surface area contributed by atoms with Crippen molar-refractivity contribution in [1.82, 2.24) is 4.90 Å². The van der Waals surface area contributed by atoms with E-state index in [1.807, 2.05) is 63.2 Å². The number of likely N-dealkylation sites (tertiary alicyclic amines) is 1. The number of carbonyl (C=O) groups is 2. The lowest BCUT2D eigenvalue weighted by atomic mass is 10.1. The Morgan fingerprint density at radius 1 is 1.07 bits per heavy atom. The van der Waals surface area contributed by atoms with Crippen LogP contribution in [-0.4, -0.2) is 41.6 Å². The van der Waals surface area contributed by atoms with E-state index in [0.717, 1.165) is 29.5 Å². The zero-order valence-electron chi connectivity index (χ0n) is 16.5. The van der Waals surface area contributed by atoms with E-state index in [1.165, 1.54) is 0 Å². The van der Waals surface area contributed by atoms with E-state index in [1.54, 1.807) is 4.90 Å². The molecule has 0 unspecified atom stereocenters. The number of fused-ring (bicyclic) bond motifs is 3. The molecule has 0 aromatic heterocycles. The zero-order chi connectivity index (χ0) is 19.9. The lowest BCUT2D eigenvalue weighted by Gasteiger charge is -2.28. The molecule has 1 fully saturated rings. The van der Waals surface area contributed by atoms with Crippen LogP contribution in [0.2, 0.25) is 0 Å². The van der Waals surface area contributed by atoms with Crippen molar-refractivity contribution >= 4 is 11.9 Å². The van der Waals surface area contributed by atoms with Gasteiger partial charge in [-0.25, -0.2) is 4.79 Å². The number of ketones is 1. The molecule has 0 saturated carbocycles. The van der Waals surface area contributed by atoms with Crippen molar-refractivity contribution in [3.8, 4) is 16.9 Å². The fraction of sp³-hybridized carbons (Fsp3) is 0.391. The van der Waals surface area contributed by atoms with Gasteiger partial charge in [0.2, 0.25) is 0 Å². The highest BCUT2D eigenvalue weighted by Crippen LogP contribution is 2.38. The highest BCUT2D eigenvalue weighted by atomic mass is 16.6.